The number of ether oxygens (including phenoxy) is 3. The van der Waals surface area contributed by atoms with E-state index in [9.17, 15) is 18.5 Å². The minimum absolute atomic E-state index is 0.0484. The Hall–Kier alpha value is -3.44. The Bertz CT molecular complexity index is 1740. The lowest BCUT2D eigenvalue weighted by Gasteiger charge is -2.30. The lowest BCUT2D eigenvalue weighted by molar-refractivity contribution is -0.0163. The van der Waals surface area contributed by atoms with Crippen molar-refractivity contribution in [2.45, 2.75) is 96.1 Å². The van der Waals surface area contributed by atoms with E-state index in [1.165, 1.54) is 12.1 Å². The Morgan fingerprint density at radius 3 is 2.46 bits per heavy atom. The summed E-state index contributed by atoms with van der Waals surface area (Å²) >= 11 is 0. The Balaban J connectivity index is 1.42. The Morgan fingerprint density at radius 1 is 1.08 bits per heavy atom. The second-order valence-electron chi connectivity index (χ2n) is 15.0. The number of aliphatic hydroxyl groups is 1. The number of rotatable bonds is 12. The summed E-state index contributed by atoms with van der Waals surface area (Å²) in [7, 11) is -1.43. The van der Waals surface area contributed by atoms with Crippen molar-refractivity contribution < 1.29 is 32.7 Å². The first-order valence-electron chi connectivity index (χ1n) is 16.4. The molecule has 48 heavy (non-hydrogen) atoms. The smallest absolute Gasteiger partial charge is 0.163 e. The van der Waals surface area contributed by atoms with Crippen LogP contribution in [0, 0.1) is 5.82 Å². The number of carbonyl (C=O) groups excluding carboxylic acids is 1. The zero-order valence-electron chi connectivity index (χ0n) is 29.2. The first-order chi connectivity index (χ1) is 22.4. The Kier molecular flexibility index (Phi) is 10.1. The minimum atomic E-state index is -1.52. The molecule has 1 unspecified atom stereocenters. The van der Waals surface area contributed by atoms with E-state index in [1.54, 1.807) is 31.2 Å². The molecule has 1 aromatic heterocycles. The van der Waals surface area contributed by atoms with E-state index in [0.29, 0.717) is 52.8 Å². The van der Waals surface area contributed by atoms with E-state index in [-0.39, 0.29) is 36.7 Å². The van der Waals surface area contributed by atoms with Crippen LogP contribution in [0.15, 0.2) is 48.5 Å². The fourth-order valence-electron chi connectivity index (χ4n) is 5.66. The molecule has 1 aliphatic carbocycles. The summed E-state index contributed by atoms with van der Waals surface area (Å²) in [4.78, 5) is 18.5. The maximum Gasteiger partial charge on any atom is 0.163 e. The summed E-state index contributed by atoms with van der Waals surface area (Å²) < 4.78 is 47.8. The molecular formula is C38H47FN2O6S. The van der Waals surface area contributed by atoms with Crippen molar-refractivity contribution in [1.82, 2.24) is 9.71 Å². The molecule has 0 saturated carbocycles. The van der Waals surface area contributed by atoms with Crippen molar-refractivity contribution in [2.75, 3.05) is 19.8 Å². The highest BCUT2D eigenvalue weighted by Crippen LogP contribution is 2.45. The lowest BCUT2D eigenvalue weighted by atomic mass is 9.87. The second-order valence-corrected chi connectivity index (χ2v) is 17.0. The number of benzene rings is 2. The van der Waals surface area contributed by atoms with Crippen LogP contribution in [0.4, 0.5) is 4.39 Å². The molecule has 3 aromatic rings. The fourth-order valence-corrected chi connectivity index (χ4v) is 6.55. The summed E-state index contributed by atoms with van der Waals surface area (Å²) in [6.45, 7) is 16.1. The largest absolute Gasteiger partial charge is 0.491 e. The summed E-state index contributed by atoms with van der Waals surface area (Å²) in [6, 6.07) is 11.3. The number of hydrogen-bond donors (Lipinski definition) is 2. The highest BCUT2D eigenvalue weighted by molar-refractivity contribution is 7.84. The summed E-state index contributed by atoms with van der Waals surface area (Å²) in [5, 5.41) is 11.9. The number of Topliss-reactive ketones (excluding diaryl/α,β-unsaturated/α-hetero) is 1. The maximum absolute atomic E-state index is 13.9. The average Bonchev–Trinajstić information content (AvgIpc) is 3.61. The van der Waals surface area contributed by atoms with Gasteiger partial charge in [-0.2, -0.15) is 0 Å². The van der Waals surface area contributed by atoms with Crippen LogP contribution < -0.4 is 14.2 Å². The molecule has 10 heteroatoms. The quantitative estimate of drug-likeness (QED) is 0.154. The highest BCUT2D eigenvalue weighted by atomic mass is 32.2. The van der Waals surface area contributed by atoms with Crippen LogP contribution in [0.1, 0.15) is 101 Å². The molecule has 0 fully saturated rings. The topological polar surface area (TPSA) is 107 Å². The number of pyridine rings is 1. The molecule has 5 rings (SSSR count). The molecule has 0 spiro atoms. The van der Waals surface area contributed by atoms with Crippen LogP contribution in [0.25, 0.3) is 17.3 Å². The van der Waals surface area contributed by atoms with Crippen LogP contribution in [0.5, 0.6) is 11.5 Å². The monoisotopic (exact) mass is 678 g/mol. The maximum atomic E-state index is 13.9. The molecule has 2 aromatic carbocycles. The van der Waals surface area contributed by atoms with Gasteiger partial charge < -0.3 is 19.3 Å². The van der Waals surface area contributed by atoms with Crippen molar-refractivity contribution in [3.63, 3.8) is 0 Å². The third-order valence-corrected chi connectivity index (χ3v) is 10.3. The highest BCUT2D eigenvalue weighted by Gasteiger charge is 2.43. The van der Waals surface area contributed by atoms with Gasteiger partial charge in [0, 0.05) is 28.7 Å². The summed E-state index contributed by atoms with van der Waals surface area (Å²) in [5.41, 5.74) is 1.88. The van der Waals surface area contributed by atoms with Crippen molar-refractivity contribution in [1.29, 1.82) is 0 Å². The number of fused-ring (bicyclic) bond motifs is 2. The molecule has 258 valence electrons. The molecule has 0 saturated heterocycles. The standard InChI is InChI=1S/C38H47FN2O6S/c1-35(2,3)47-19-18-45-31-21-26(20-25-10-9-11-28(25)31)30(42)16-17-38(8,43)32-22-29-34(33(40-32)24-12-14-27(39)15-13-24)46-23-37(29,7)41-48(44)36(4,5)6/h9-10,12-15,20-22,41,43H,11,16-19,23H2,1-8H3/t37-,38-,48?/m1/s1. The van der Waals surface area contributed by atoms with Crippen molar-refractivity contribution >= 4 is 22.8 Å². The van der Waals surface area contributed by atoms with Crippen LogP contribution in [0.3, 0.4) is 0 Å². The molecule has 0 amide bonds. The van der Waals surface area contributed by atoms with Gasteiger partial charge in [-0.05, 0) is 116 Å². The van der Waals surface area contributed by atoms with Gasteiger partial charge in [-0.15, -0.1) is 0 Å². The van der Waals surface area contributed by atoms with E-state index in [4.69, 9.17) is 19.2 Å². The van der Waals surface area contributed by atoms with E-state index in [1.807, 2.05) is 66.7 Å². The predicted molar refractivity (Wildman–Crippen MR) is 187 cm³/mol. The van der Waals surface area contributed by atoms with Crippen LogP contribution in [-0.4, -0.2) is 50.3 Å². The summed E-state index contributed by atoms with van der Waals surface area (Å²) in [5.74, 6) is 0.613. The van der Waals surface area contributed by atoms with E-state index in [2.05, 4.69) is 4.72 Å². The molecule has 3 atom stereocenters. The SMILES string of the molecule is CC(C)(C)OCCOc1cc(C(=O)CC[C@@](C)(O)c2cc3c(c(-c4ccc(F)cc4)n2)OC[C@@]3(C)NS(=O)C(C)(C)C)cc2c1CC=C2. The van der Waals surface area contributed by atoms with Gasteiger partial charge in [0.25, 0.3) is 0 Å². The Labute approximate surface area is 285 Å². The fraction of sp³-hybridized carbons (Fsp3) is 0.474. The molecule has 8 nitrogen and oxygen atoms in total. The molecule has 1 aliphatic heterocycles. The average molecular weight is 679 g/mol. The van der Waals surface area contributed by atoms with Gasteiger partial charge in [0.05, 0.1) is 39.2 Å². The van der Waals surface area contributed by atoms with Gasteiger partial charge in [0.2, 0.25) is 0 Å². The lowest BCUT2D eigenvalue weighted by Crippen LogP contribution is -2.47. The van der Waals surface area contributed by atoms with E-state index >= 15 is 0 Å². The molecule has 0 bridgehead atoms. The van der Waals surface area contributed by atoms with Crippen LogP contribution in [0.2, 0.25) is 0 Å². The zero-order chi connectivity index (χ0) is 35.1. The van der Waals surface area contributed by atoms with Gasteiger partial charge >= 0.3 is 0 Å². The van der Waals surface area contributed by atoms with Gasteiger partial charge in [-0.3, -0.25) is 4.79 Å². The van der Waals surface area contributed by atoms with Gasteiger partial charge in [0.15, 0.2) is 11.5 Å². The van der Waals surface area contributed by atoms with Crippen molar-refractivity contribution in [2.24, 2.45) is 0 Å². The molecule has 2 aliphatic rings. The normalized spacial score (nSPS) is 19.0. The molecule has 2 heterocycles. The van der Waals surface area contributed by atoms with Crippen molar-refractivity contribution in [3.05, 3.63) is 82.3 Å². The predicted octanol–water partition coefficient (Wildman–Crippen LogP) is 7.18. The minimum Gasteiger partial charge on any atom is -0.491 e. The number of hydrogen-bond acceptors (Lipinski definition) is 7. The number of carbonyl (C=O) groups is 1. The number of aromatic nitrogens is 1. The van der Waals surface area contributed by atoms with Crippen molar-refractivity contribution in [3.8, 4) is 22.8 Å². The molecule has 2 N–H and O–H groups in total. The summed E-state index contributed by atoms with van der Waals surface area (Å²) in [6.07, 6.45) is 4.90. The van der Waals surface area contributed by atoms with E-state index < -0.39 is 26.9 Å². The van der Waals surface area contributed by atoms with Gasteiger partial charge in [-0.1, -0.05) is 12.2 Å². The number of nitrogens with zero attached hydrogens (tertiary/aromatic N) is 1. The zero-order valence-corrected chi connectivity index (χ0v) is 30.0. The number of halogens is 1. The van der Waals surface area contributed by atoms with Gasteiger partial charge in [0.1, 0.15) is 36.1 Å². The molecular weight excluding hydrogens is 631 g/mol. The van der Waals surface area contributed by atoms with Gasteiger partial charge in [-0.25, -0.2) is 18.3 Å². The Morgan fingerprint density at radius 2 is 1.79 bits per heavy atom. The second kappa shape index (κ2) is 13.5. The molecule has 0 radical (unpaired) electrons. The van der Waals surface area contributed by atoms with E-state index in [0.717, 1.165) is 17.5 Å². The first-order valence-corrected chi connectivity index (χ1v) is 17.5. The first kappa shape index (κ1) is 35.9. The third kappa shape index (κ3) is 8.05. The number of nitrogens with one attached hydrogen (secondary N) is 1. The third-order valence-electron chi connectivity index (χ3n) is 8.52. The number of ketones is 1. The van der Waals surface area contributed by atoms with Crippen LogP contribution >= 0.6 is 0 Å². The number of allylic oxidation sites excluding steroid dienone is 1. The van der Waals surface area contributed by atoms with Crippen LogP contribution in [-0.2, 0) is 33.3 Å².